The van der Waals surface area contributed by atoms with Gasteiger partial charge in [-0.05, 0) is 24.9 Å². The molecule has 114 valence electrons. The van der Waals surface area contributed by atoms with E-state index in [4.69, 9.17) is 11.6 Å². The molecule has 6 nitrogen and oxygen atoms in total. The number of nitrogens with one attached hydrogen (secondary N) is 2. The Morgan fingerprint density at radius 3 is 2.71 bits per heavy atom. The maximum absolute atomic E-state index is 12.6. The molecule has 1 atom stereocenters. The highest BCUT2D eigenvalue weighted by Crippen LogP contribution is 2.36. The van der Waals surface area contributed by atoms with E-state index in [9.17, 15) is 14.9 Å². The van der Waals surface area contributed by atoms with Crippen molar-refractivity contribution >= 4 is 28.9 Å². The molecule has 1 fully saturated rings. The summed E-state index contributed by atoms with van der Waals surface area (Å²) in [6.07, 6.45) is 0.765. The van der Waals surface area contributed by atoms with Gasteiger partial charge in [0.05, 0.1) is 21.0 Å². The molecule has 0 radical (unpaired) electrons. The Bertz CT molecular complexity index is 569. The fourth-order valence-corrected chi connectivity index (χ4v) is 2.85. The van der Waals surface area contributed by atoms with Crippen LogP contribution in [-0.4, -0.2) is 23.9 Å². The number of carbonyl (C=O) groups excluding carboxylic acids is 1. The predicted octanol–water partition coefficient (Wildman–Crippen LogP) is 2.82. The van der Waals surface area contributed by atoms with Crippen molar-refractivity contribution in [1.29, 1.82) is 0 Å². The van der Waals surface area contributed by atoms with Crippen molar-refractivity contribution in [2.45, 2.75) is 20.3 Å². The molecule has 7 heteroatoms. The molecular weight excluding hydrogens is 294 g/mol. The average molecular weight is 312 g/mol. The van der Waals surface area contributed by atoms with Crippen molar-refractivity contribution in [1.82, 2.24) is 5.32 Å². The number of halogens is 1. The van der Waals surface area contributed by atoms with E-state index < -0.39 is 10.3 Å². The van der Waals surface area contributed by atoms with E-state index in [1.165, 1.54) is 18.2 Å². The molecule has 2 N–H and O–H groups in total. The summed E-state index contributed by atoms with van der Waals surface area (Å²) in [5, 5.41) is 16.9. The zero-order chi connectivity index (χ0) is 15.6. The van der Waals surface area contributed by atoms with Gasteiger partial charge in [0.1, 0.15) is 0 Å². The summed E-state index contributed by atoms with van der Waals surface area (Å²) in [5.74, 6) is 0.0857. The second kappa shape index (κ2) is 5.99. The fourth-order valence-electron chi connectivity index (χ4n) is 2.63. The van der Waals surface area contributed by atoms with Gasteiger partial charge in [-0.15, -0.1) is 0 Å². The minimum atomic E-state index is -0.520. The Morgan fingerprint density at radius 1 is 1.52 bits per heavy atom. The summed E-state index contributed by atoms with van der Waals surface area (Å²) in [4.78, 5) is 22.8. The Morgan fingerprint density at radius 2 is 2.24 bits per heavy atom. The maximum Gasteiger partial charge on any atom is 0.271 e. The van der Waals surface area contributed by atoms with Crippen LogP contribution in [0.5, 0.6) is 0 Å². The summed E-state index contributed by atoms with van der Waals surface area (Å²) in [6.45, 7) is 5.47. The van der Waals surface area contributed by atoms with Crippen LogP contribution in [0.3, 0.4) is 0 Å². The van der Waals surface area contributed by atoms with Crippen LogP contribution in [0.2, 0.25) is 5.02 Å². The second-order valence-corrected chi connectivity index (χ2v) is 6.02. The molecule has 1 aliphatic heterocycles. The summed E-state index contributed by atoms with van der Waals surface area (Å²) < 4.78 is 0. The highest BCUT2D eigenvalue weighted by atomic mass is 35.5. The first-order valence-electron chi connectivity index (χ1n) is 6.83. The van der Waals surface area contributed by atoms with Crippen molar-refractivity contribution < 1.29 is 9.72 Å². The Labute approximate surface area is 128 Å². The number of nitro benzene ring substituents is 1. The smallest absolute Gasteiger partial charge is 0.271 e. The van der Waals surface area contributed by atoms with Crippen molar-refractivity contribution in [3.63, 3.8) is 0 Å². The highest BCUT2D eigenvalue weighted by molar-refractivity contribution is 6.34. The first-order chi connectivity index (χ1) is 9.86. The van der Waals surface area contributed by atoms with E-state index in [1.54, 1.807) is 0 Å². The molecule has 1 aliphatic rings. The minimum Gasteiger partial charge on any atom is -0.324 e. The summed E-state index contributed by atoms with van der Waals surface area (Å²) >= 11 is 6.01. The molecule has 1 heterocycles. The Hall–Kier alpha value is -1.66. The van der Waals surface area contributed by atoms with Gasteiger partial charge in [-0.25, -0.2) is 0 Å². The summed E-state index contributed by atoms with van der Waals surface area (Å²) in [5.41, 5.74) is -0.163. The number of non-ortho nitro benzene ring substituents is 1. The number of amides is 1. The van der Waals surface area contributed by atoms with Crippen LogP contribution < -0.4 is 10.6 Å². The van der Waals surface area contributed by atoms with Crippen LogP contribution in [0.15, 0.2) is 18.2 Å². The number of hydrogen-bond acceptors (Lipinski definition) is 4. The molecule has 1 aromatic carbocycles. The van der Waals surface area contributed by atoms with Gasteiger partial charge in [0.25, 0.3) is 5.69 Å². The first kappa shape index (κ1) is 15.7. The van der Waals surface area contributed by atoms with Crippen LogP contribution in [0.1, 0.15) is 20.3 Å². The molecule has 0 saturated carbocycles. The molecule has 1 unspecified atom stereocenters. The number of nitrogens with zero attached hydrogens (tertiary/aromatic N) is 1. The lowest BCUT2D eigenvalue weighted by Gasteiger charge is -2.31. The van der Waals surface area contributed by atoms with Gasteiger partial charge in [-0.1, -0.05) is 25.4 Å². The number of carbonyl (C=O) groups is 1. The van der Waals surface area contributed by atoms with Crippen LogP contribution >= 0.6 is 11.6 Å². The number of anilines is 1. The van der Waals surface area contributed by atoms with Crippen molar-refractivity contribution in [2.24, 2.45) is 11.3 Å². The molecular formula is C14H18ClN3O3. The standard InChI is InChI=1S/C14H18ClN3O3/c1-9(2)14(5-6-16-8-14)13(19)17-12-4-3-10(18(20)21)7-11(12)15/h3-4,7,9,16H,5-6,8H2,1-2H3,(H,17,19). The molecule has 1 saturated heterocycles. The zero-order valence-corrected chi connectivity index (χ0v) is 12.7. The third-order valence-corrected chi connectivity index (χ3v) is 4.47. The maximum atomic E-state index is 12.6. The minimum absolute atomic E-state index is 0.0981. The van der Waals surface area contributed by atoms with Gasteiger partial charge in [0, 0.05) is 18.7 Å². The van der Waals surface area contributed by atoms with Crippen molar-refractivity contribution in [3.05, 3.63) is 33.3 Å². The van der Waals surface area contributed by atoms with Gasteiger partial charge in [-0.3, -0.25) is 14.9 Å². The van der Waals surface area contributed by atoms with E-state index in [1.807, 2.05) is 13.8 Å². The number of hydrogen-bond donors (Lipinski definition) is 2. The lowest BCUT2D eigenvalue weighted by Crippen LogP contribution is -2.42. The highest BCUT2D eigenvalue weighted by Gasteiger charge is 2.44. The van der Waals surface area contributed by atoms with Crippen molar-refractivity contribution in [2.75, 3.05) is 18.4 Å². The van der Waals surface area contributed by atoms with E-state index >= 15 is 0 Å². The zero-order valence-electron chi connectivity index (χ0n) is 12.0. The second-order valence-electron chi connectivity index (χ2n) is 5.61. The van der Waals surface area contributed by atoms with E-state index in [0.717, 1.165) is 13.0 Å². The normalized spacial score (nSPS) is 21.5. The van der Waals surface area contributed by atoms with Crippen molar-refractivity contribution in [3.8, 4) is 0 Å². The van der Waals surface area contributed by atoms with E-state index in [0.29, 0.717) is 12.2 Å². The van der Waals surface area contributed by atoms with Crippen LogP contribution in [-0.2, 0) is 4.79 Å². The number of nitro groups is 1. The third-order valence-electron chi connectivity index (χ3n) is 4.16. The predicted molar refractivity (Wildman–Crippen MR) is 81.5 cm³/mol. The molecule has 2 rings (SSSR count). The molecule has 0 bridgehead atoms. The Kier molecular flexibility index (Phi) is 4.49. The van der Waals surface area contributed by atoms with Gasteiger partial charge in [0.15, 0.2) is 0 Å². The van der Waals surface area contributed by atoms with Gasteiger partial charge in [0.2, 0.25) is 5.91 Å². The molecule has 0 spiro atoms. The van der Waals surface area contributed by atoms with Gasteiger partial charge < -0.3 is 10.6 Å². The van der Waals surface area contributed by atoms with Crippen LogP contribution in [0.25, 0.3) is 0 Å². The largest absolute Gasteiger partial charge is 0.324 e. The molecule has 1 aromatic rings. The number of rotatable bonds is 4. The molecule has 0 aliphatic carbocycles. The lowest BCUT2D eigenvalue weighted by molar-refractivity contribution is -0.384. The van der Waals surface area contributed by atoms with Crippen LogP contribution in [0.4, 0.5) is 11.4 Å². The monoisotopic (exact) mass is 311 g/mol. The third kappa shape index (κ3) is 3.01. The average Bonchev–Trinajstić information content (AvgIpc) is 2.91. The first-order valence-corrected chi connectivity index (χ1v) is 7.21. The van der Waals surface area contributed by atoms with Crippen LogP contribution in [0, 0.1) is 21.4 Å². The van der Waals surface area contributed by atoms with E-state index in [-0.39, 0.29) is 22.5 Å². The van der Waals surface area contributed by atoms with Gasteiger partial charge in [-0.2, -0.15) is 0 Å². The topological polar surface area (TPSA) is 84.3 Å². The molecule has 1 amide bonds. The molecule has 0 aromatic heterocycles. The van der Waals surface area contributed by atoms with E-state index in [2.05, 4.69) is 10.6 Å². The molecule has 21 heavy (non-hydrogen) atoms. The Balaban J connectivity index is 2.21. The SMILES string of the molecule is CC(C)C1(C(=O)Nc2ccc([N+](=O)[O-])cc2Cl)CCNC1. The summed E-state index contributed by atoms with van der Waals surface area (Å²) in [6, 6.07) is 4.04. The quantitative estimate of drug-likeness (QED) is 0.661. The summed E-state index contributed by atoms with van der Waals surface area (Å²) in [7, 11) is 0. The number of benzene rings is 1. The van der Waals surface area contributed by atoms with Gasteiger partial charge >= 0.3 is 0 Å². The lowest BCUT2D eigenvalue weighted by atomic mass is 9.75. The fraction of sp³-hybridized carbons (Fsp3) is 0.500.